The van der Waals surface area contributed by atoms with Crippen LogP contribution in [0.15, 0.2) is 12.7 Å². The molecule has 1 aliphatic rings. The Morgan fingerprint density at radius 1 is 1.25 bits per heavy atom. The third-order valence-electron chi connectivity index (χ3n) is 3.51. The minimum absolute atomic E-state index is 0. The van der Waals surface area contributed by atoms with Crippen molar-refractivity contribution in [1.29, 1.82) is 0 Å². The van der Waals surface area contributed by atoms with E-state index < -0.39 is 40.7 Å². The number of rotatable bonds is 6. The molecule has 0 saturated carbocycles. The summed E-state index contributed by atoms with van der Waals surface area (Å²) in [6, 6.07) is 0. The Morgan fingerprint density at radius 3 is 2.57 bits per heavy atom. The average Bonchev–Trinajstić information content (AvgIpc) is 3.07. The molecule has 18 heteroatoms. The molecule has 0 aliphatic carbocycles. The molecule has 0 aromatic carbocycles. The molecule has 6 N–H and O–H groups in total. The Hall–Kier alpha value is 0.530. The zero-order chi connectivity index (χ0) is 19.1. The van der Waals surface area contributed by atoms with Crippen LogP contribution >= 0.6 is 15.6 Å². The van der Waals surface area contributed by atoms with Gasteiger partial charge in [-0.15, -0.1) is 0 Å². The van der Waals surface area contributed by atoms with E-state index in [1.165, 1.54) is 17.2 Å². The maximum atomic E-state index is 11.5. The van der Waals surface area contributed by atoms with Crippen LogP contribution in [0.4, 0.5) is 5.82 Å². The van der Waals surface area contributed by atoms with Gasteiger partial charge in [0.2, 0.25) is 0 Å². The van der Waals surface area contributed by atoms with Crippen molar-refractivity contribution in [3.63, 3.8) is 0 Å². The smallest absolute Gasteiger partial charge is 0.390 e. The van der Waals surface area contributed by atoms with E-state index in [0.717, 1.165) is 0 Å². The summed E-state index contributed by atoms with van der Waals surface area (Å²) in [5.74, 6) is 0.169. The molecule has 1 unspecified atom stereocenters. The van der Waals surface area contributed by atoms with Crippen molar-refractivity contribution in [2.24, 2.45) is 0 Å². The first-order valence-corrected chi connectivity index (χ1v) is 10.1. The van der Waals surface area contributed by atoms with Crippen LogP contribution in [-0.2, 0) is 22.7 Å². The van der Waals surface area contributed by atoms with Crippen molar-refractivity contribution in [2.45, 2.75) is 24.9 Å². The molecule has 1 aliphatic heterocycles. The molecule has 0 amide bonds. The molecule has 0 bridgehead atoms. The van der Waals surface area contributed by atoms with E-state index in [-0.39, 0.29) is 71.4 Å². The van der Waals surface area contributed by atoms with Gasteiger partial charge in [0.25, 0.3) is 0 Å². The van der Waals surface area contributed by atoms with Gasteiger partial charge in [-0.3, -0.25) is 9.09 Å². The Morgan fingerprint density at radius 2 is 1.93 bits per heavy atom. The minimum Gasteiger partial charge on any atom is -0.390 e. The van der Waals surface area contributed by atoms with Gasteiger partial charge in [0, 0.05) is 65.5 Å². The number of aromatic nitrogens is 4. The molecule has 2 aromatic rings. The van der Waals surface area contributed by atoms with Crippen LogP contribution in [0.25, 0.3) is 11.2 Å². The Balaban J connectivity index is 0.00000196. The standard InChI is InChI=1S/C10H15N5O9P2.2Na/c11-9-8-10(13-3-12-9)15(4-14-8)7-1-5(16)6(23-7)2-22-26(20,21)24-25(17,18)19;;/h3-7,16H,1-2H2,(H,20,21)(H2,11,12,13)(H2,17,18,19);;/t5-,6+,7+;;/m0../s1. The molecule has 146 valence electrons. The van der Waals surface area contributed by atoms with Gasteiger partial charge in [0.05, 0.1) is 19.0 Å². The summed E-state index contributed by atoms with van der Waals surface area (Å²) in [6.45, 7) is -0.644. The van der Waals surface area contributed by atoms with Gasteiger partial charge in [-0.25, -0.2) is 24.1 Å². The van der Waals surface area contributed by atoms with Crippen molar-refractivity contribution >= 4 is 91.7 Å². The van der Waals surface area contributed by atoms with Gasteiger partial charge < -0.3 is 30.3 Å². The molecular formula is C10H15N5Na2O9P2. The van der Waals surface area contributed by atoms with Crippen molar-refractivity contribution < 1.29 is 42.5 Å². The number of fused-ring (bicyclic) bond motifs is 1. The Kier molecular flexibility index (Phi) is 9.70. The number of phosphoric ester groups is 1. The predicted molar refractivity (Wildman–Crippen MR) is 94.7 cm³/mol. The van der Waals surface area contributed by atoms with E-state index in [2.05, 4.69) is 23.8 Å². The topological polar surface area (TPSA) is 212 Å². The molecule has 1 fully saturated rings. The molecule has 2 aromatic heterocycles. The summed E-state index contributed by atoms with van der Waals surface area (Å²) in [5.41, 5.74) is 6.41. The zero-order valence-electron chi connectivity index (χ0n) is 14.9. The number of hydrogen-bond acceptors (Lipinski definition) is 10. The third kappa shape index (κ3) is 6.51. The Bertz CT molecular complexity index is 911. The summed E-state index contributed by atoms with van der Waals surface area (Å²) >= 11 is 0. The molecule has 3 rings (SSSR count). The van der Waals surface area contributed by atoms with Gasteiger partial charge in [0.15, 0.2) is 11.5 Å². The number of aliphatic hydroxyl groups is 1. The van der Waals surface area contributed by atoms with Crippen LogP contribution in [0.3, 0.4) is 0 Å². The summed E-state index contributed by atoms with van der Waals surface area (Å²) in [4.78, 5) is 38.3. The Labute approximate surface area is 202 Å². The second-order valence-corrected chi connectivity index (χ2v) is 8.18. The number of anilines is 1. The van der Waals surface area contributed by atoms with Gasteiger partial charge in [-0.2, -0.15) is 4.31 Å². The van der Waals surface area contributed by atoms with Gasteiger partial charge in [-0.05, 0) is 0 Å². The molecule has 4 atom stereocenters. The molecular weight excluding hydrogens is 442 g/mol. The first-order chi connectivity index (χ1) is 12.1. The van der Waals surface area contributed by atoms with Crippen LogP contribution in [0.5, 0.6) is 0 Å². The number of phosphoric acid groups is 2. The first-order valence-electron chi connectivity index (χ1n) is 7.06. The summed E-state index contributed by atoms with van der Waals surface area (Å²) in [5, 5.41) is 10.1. The number of aliphatic hydroxyl groups excluding tert-OH is 1. The molecule has 2 radical (unpaired) electrons. The van der Waals surface area contributed by atoms with Crippen molar-refractivity contribution in [3.05, 3.63) is 12.7 Å². The van der Waals surface area contributed by atoms with Crippen molar-refractivity contribution in [1.82, 2.24) is 19.5 Å². The SMILES string of the molecule is Nc1ncnc2c1ncn2[C@H]1C[C@H](O)[C@@H](COP(=O)(O)OP(=O)(O)O)O1.[Na].[Na]. The van der Waals surface area contributed by atoms with E-state index >= 15 is 0 Å². The van der Waals surface area contributed by atoms with E-state index in [0.29, 0.717) is 11.2 Å². The summed E-state index contributed by atoms with van der Waals surface area (Å²) in [7, 11) is -10.3. The fourth-order valence-electron chi connectivity index (χ4n) is 2.44. The molecule has 28 heavy (non-hydrogen) atoms. The molecule has 14 nitrogen and oxygen atoms in total. The average molecular weight is 457 g/mol. The number of imidazole rings is 1. The number of nitrogens with two attached hydrogens (primary N) is 1. The van der Waals surface area contributed by atoms with Crippen molar-refractivity contribution in [3.8, 4) is 0 Å². The largest absolute Gasteiger partial charge is 0.481 e. The number of ether oxygens (including phenoxy) is 1. The van der Waals surface area contributed by atoms with Gasteiger partial charge in [-0.1, -0.05) is 0 Å². The van der Waals surface area contributed by atoms with Crippen LogP contribution < -0.4 is 5.73 Å². The third-order valence-corrected chi connectivity index (χ3v) is 5.66. The molecule has 1 saturated heterocycles. The maximum Gasteiger partial charge on any atom is 0.481 e. The predicted octanol–water partition coefficient (Wildman–Crippen LogP) is -1.48. The summed E-state index contributed by atoms with van der Waals surface area (Å²) < 4.78 is 37.3. The number of hydrogen-bond donors (Lipinski definition) is 5. The van der Waals surface area contributed by atoms with Gasteiger partial charge >= 0.3 is 15.6 Å². The van der Waals surface area contributed by atoms with Crippen LogP contribution in [0, 0.1) is 0 Å². The fourth-order valence-corrected chi connectivity index (χ4v) is 4.04. The van der Waals surface area contributed by atoms with E-state index in [1.54, 1.807) is 0 Å². The maximum absolute atomic E-state index is 11.5. The van der Waals surface area contributed by atoms with E-state index in [4.69, 9.17) is 20.3 Å². The number of nitrogen functional groups attached to an aromatic ring is 1. The molecule has 0 spiro atoms. The first kappa shape index (κ1) is 26.6. The zero-order valence-corrected chi connectivity index (χ0v) is 20.7. The molecule has 3 heterocycles. The van der Waals surface area contributed by atoms with E-state index in [9.17, 15) is 19.1 Å². The van der Waals surface area contributed by atoms with Crippen LogP contribution in [0.1, 0.15) is 12.6 Å². The van der Waals surface area contributed by atoms with Crippen molar-refractivity contribution in [2.75, 3.05) is 12.3 Å². The van der Waals surface area contributed by atoms with Crippen LogP contribution in [0.2, 0.25) is 0 Å². The minimum atomic E-state index is -5.23. The number of nitrogens with zero attached hydrogens (tertiary/aromatic N) is 4. The van der Waals surface area contributed by atoms with Gasteiger partial charge in [0.1, 0.15) is 24.2 Å². The van der Waals surface area contributed by atoms with Crippen LogP contribution in [-0.4, -0.2) is 117 Å². The normalized spacial score (nSPS) is 24.4. The second kappa shape index (κ2) is 10.2. The quantitative estimate of drug-likeness (QED) is 0.248. The second-order valence-electron chi connectivity index (χ2n) is 5.35. The fraction of sp³-hybridized carbons (Fsp3) is 0.500. The summed E-state index contributed by atoms with van der Waals surface area (Å²) in [6.07, 6.45) is -0.158. The monoisotopic (exact) mass is 457 g/mol. The van der Waals surface area contributed by atoms with E-state index in [1.807, 2.05) is 0 Å².